The van der Waals surface area contributed by atoms with Gasteiger partial charge in [-0.05, 0) is 53.9 Å². The van der Waals surface area contributed by atoms with Gasteiger partial charge in [-0.3, -0.25) is 14.4 Å². The third-order valence-electron chi connectivity index (χ3n) is 5.38. The zero-order valence-electron chi connectivity index (χ0n) is 16.9. The molecule has 1 aliphatic rings. The number of hydrogen-bond donors (Lipinski definition) is 1. The third kappa shape index (κ3) is 3.50. The first-order valence-electron chi connectivity index (χ1n) is 9.93. The van der Waals surface area contributed by atoms with Gasteiger partial charge in [0.15, 0.2) is 5.78 Å². The molecule has 5 nitrogen and oxygen atoms in total. The smallest absolute Gasteiger partial charge is 0.266 e. The van der Waals surface area contributed by atoms with Crippen molar-refractivity contribution in [3.8, 4) is 0 Å². The molecule has 5 heteroatoms. The number of anilines is 2. The van der Waals surface area contributed by atoms with E-state index >= 15 is 0 Å². The molecule has 0 fully saturated rings. The molecule has 0 saturated heterocycles. The number of fused-ring (bicyclic) bond motifs is 1. The minimum absolute atomic E-state index is 0.0522. The fourth-order valence-corrected chi connectivity index (χ4v) is 3.64. The van der Waals surface area contributed by atoms with E-state index in [0.29, 0.717) is 23.2 Å². The normalized spacial score (nSPS) is 12.8. The Hall–Kier alpha value is -3.73. The van der Waals surface area contributed by atoms with Gasteiger partial charge in [0.1, 0.15) is 0 Å². The van der Waals surface area contributed by atoms with Gasteiger partial charge in [0.2, 0.25) is 0 Å². The molecule has 0 aliphatic carbocycles. The van der Waals surface area contributed by atoms with Gasteiger partial charge in [0.25, 0.3) is 11.8 Å². The highest BCUT2D eigenvalue weighted by Gasteiger charge is 2.37. The second-order valence-electron chi connectivity index (χ2n) is 7.27. The number of hydrogen-bond acceptors (Lipinski definition) is 4. The van der Waals surface area contributed by atoms with Gasteiger partial charge in [-0.1, -0.05) is 37.3 Å². The molecule has 0 atom stereocenters. The highest BCUT2D eigenvalue weighted by Crippen LogP contribution is 2.30. The predicted molar refractivity (Wildman–Crippen MR) is 117 cm³/mol. The minimum Gasteiger partial charge on any atom is -0.388 e. The Labute approximate surface area is 175 Å². The maximum absolute atomic E-state index is 12.9. The summed E-state index contributed by atoms with van der Waals surface area (Å²) in [5.41, 5.74) is 4.93. The van der Waals surface area contributed by atoms with Crippen molar-refractivity contribution >= 4 is 29.0 Å². The van der Waals surface area contributed by atoms with Crippen LogP contribution in [-0.2, 0) is 6.42 Å². The van der Waals surface area contributed by atoms with Crippen LogP contribution in [0.4, 0.5) is 11.4 Å². The van der Waals surface area contributed by atoms with Gasteiger partial charge in [0.05, 0.1) is 16.8 Å². The van der Waals surface area contributed by atoms with Crippen molar-refractivity contribution in [3.63, 3.8) is 0 Å². The second kappa shape index (κ2) is 7.95. The van der Waals surface area contributed by atoms with E-state index in [4.69, 9.17) is 0 Å². The number of nitrogens with one attached hydrogen (secondary N) is 1. The molecule has 3 aromatic rings. The Kier molecular flexibility index (Phi) is 5.19. The summed E-state index contributed by atoms with van der Waals surface area (Å²) in [5, 5.41) is 3.10. The van der Waals surface area contributed by atoms with Crippen molar-refractivity contribution in [1.82, 2.24) is 0 Å². The van der Waals surface area contributed by atoms with E-state index in [1.54, 1.807) is 31.2 Å². The molecule has 1 N–H and O–H groups in total. The molecule has 0 aromatic heterocycles. The lowest BCUT2D eigenvalue weighted by atomic mass is 10.0. The second-order valence-corrected chi connectivity index (χ2v) is 7.27. The Balaban J connectivity index is 1.55. The van der Waals surface area contributed by atoms with Gasteiger partial charge in [-0.2, -0.15) is 0 Å². The average molecular weight is 398 g/mol. The van der Waals surface area contributed by atoms with E-state index in [2.05, 4.69) is 17.4 Å². The lowest BCUT2D eigenvalue weighted by Gasteiger charge is -2.14. The van der Waals surface area contributed by atoms with E-state index in [-0.39, 0.29) is 17.3 Å². The highest BCUT2D eigenvalue weighted by atomic mass is 16.2. The first kappa shape index (κ1) is 19.6. The number of nitrogens with zero attached hydrogens (tertiary/aromatic N) is 1. The Morgan fingerprint density at radius 3 is 2.03 bits per heavy atom. The summed E-state index contributed by atoms with van der Waals surface area (Å²) in [7, 11) is 1.88. The molecule has 0 unspecified atom stereocenters. The van der Waals surface area contributed by atoms with Crippen LogP contribution < -0.4 is 10.2 Å². The van der Waals surface area contributed by atoms with Crippen LogP contribution in [0.1, 0.15) is 55.5 Å². The summed E-state index contributed by atoms with van der Waals surface area (Å²) in [6, 6.07) is 20.3. The zero-order chi connectivity index (χ0) is 21.3. The quantitative estimate of drug-likeness (QED) is 0.482. The molecular formula is C25H22N2O3. The maximum Gasteiger partial charge on any atom is 0.266 e. The molecule has 3 aromatic carbocycles. The summed E-state index contributed by atoms with van der Waals surface area (Å²) >= 11 is 0. The highest BCUT2D eigenvalue weighted by molar-refractivity contribution is 6.34. The summed E-state index contributed by atoms with van der Waals surface area (Å²) in [6.45, 7) is 1.77. The number of amides is 2. The Morgan fingerprint density at radius 2 is 1.43 bits per heavy atom. The molecule has 2 amide bonds. The summed E-state index contributed by atoms with van der Waals surface area (Å²) < 4.78 is 0. The van der Waals surface area contributed by atoms with Gasteiger partial charge in [-0.25, -0.2) is 4.90 Å². The van der Waals surface area contributed by atoms with Crippen molar-refractivity contribution in [3.05, 3.63) is 94.5 Å². The summed E-state index contributed by atoms with van der Waals surface area (Å²) in [5.74, 6) is -0.805. The van der Waals surface area contributed by atoms with Crippen LogP contribution in [0.5, 0.6) is 0 Å². The van der Waals surface area contributed by atoms with E-state index < -0.39 is 5.91 Å². The number of benzene rings is 3. The van der Waals surface area contributed by atoms with Crippen LogP contribution in [0.15, 0.2) is 66.7 Å². The minimum atomic E-state index is -0.392. The molecule has 30 heavy (non-hydrogen) atoms. The molecule has 1 heterocycles. The maximum atomic E-state index is 12.9. The summed E-state index contributed by atoms with van der Waals surface area (Å²) in [6.07, 6.45) is 1.11. The van der Waals surface area contributed by atoms with Crippen molar-refractivity contribution in [2.75, 3.05) is 17.3 Å². The molecule has 0 saturated carbocycles. The molecule has 0 bridgehead atoms. The first-order valence-corrected chi connectivity index (χ1v) is 9.93. The number of ketones is 1. The van der Waals surface area contributed by atoms with Gasteiger partial charge in [-0.15, -0.1) is 0 Å². The van der Waals surface area contributed by atoms with Gasteiger partial charge >= 0.3 is 0 Å². The Morgan fingerprint density at radius 1 is 0.833 bits per heavy atom. The number of imide groups is 1. The van der Waals surface area contributed by atoms with Crippen LogP contribution in [-0.4, -0.2) is 24.6 Å². The van der Waals surface area contributed by atoms with Crippen LogP contribution in [0.2, 0.25) is 0 Å². The number of Topliss-reactive ketones (excluding diaryl/α,β-unsaturated/α-hetero) is 1. The average Bonchev–Trinajstić information content (AvgIpc) is 3.04. The third-order valence-corrected chi connectivity index (χ3v) is 5.38. The Bertz CT molecular complexity index is 1130. The molecule has 1 aliphatic heterocycles. The van der Waals surface area contributed by atoms with Crippen molar-refractivity contribution in [2.45, 2.75) is 19.8 Å². The van der Waals surface area contributed by atoms with Gasteiger partial charge < -0.3 is 5.32 Å². The van der Waals surface area contributed by atoms with Crippen molar-refractivity contribution in [2.24, 2.45) is 0 Å². The predicted octanol–water partition coefficient (Wildman–Crippen LogP) is 4.71. The van der Waals surface area contributed by atoms with Crippen LogP contribution in [0.3, 0.4) is 0 Å². The zero-order valence-corrected chi connectivity index (χ0v) is 16.9. The molecule has 4 rings (SSSR count). The fourth-order valence-electron chi connectivity index (χ4n) is 3.64. The van der Waals surface area contributed by atoms with E-state index in [0.717, 1.165) is 17.7 Å². The monoisotopic (exact) mass is 398 g/mol. The fraction of sp³-hybridized carbons (Fsp3) is 0.160. The molecule has 150 valence electrons. The van der Waals surface area contributed by atoms with E-state index in [1.807, 2.05) is 31.3 Å². The number of carbonyl (C=O) groups excluding carboxylic acids is 3. The lowest BCUT2D eigenvalue weighted by molar-refractivity contribution is 0.0925. The van der Waals surface area contributed by atoms with Crippen LogP contribution in [0, 0.1) is 0 Å². The SMILES string of the molecule is CCC(=O)c1ccc2c(c1)C(=O)N(c1ccc(Cc3ccc(NC)cc3)cc1)C2=O. The number of rotatable bonds is 6. The first-order chi connectivity index (χ1) is 14.5. The van der Waals surface area contributed by atoms with E-state index in [1.165, 1.54) is 16.5 Å². The van der Waals surface area contributed by atoms with E-state index in [9.17, 15) is 14.4 Å². The topological polar surface area (TPSA) is 66.5 Å². The standard InChI is InChI=1S/C25H22N2O3/c1-3-23(28)18-8-13-21-22(15-18)25(30)27(24(21)29)20-11-6-17(7-12-20)14-16-4-9-19(26-2)10-5-16/h4-13,15,26H,3,14H2,1-2H3. The molecular weight excluding hydrogens is 376 g/mol. The van der Waals surface area contributed by atoms with Gasteiger partial charge in [0, 0.05) is 24.7 Å². The van der Waals surface area contributed by atoms with Crippen molar-refractivity contribution < 1.29 is 14.4 Å². The largest absolute Gasteiger partial charge is 0.388 e. The lowest BCUT2D eigenvalue weighted by Crippen LogP contribution is -2.29. The molecule has 0 spiro atoms. The molecule has 0 radical (unpaired) electrons. The number of carbonyl (C=O) groups is 3. The van der Waals surface area contributed by atoms with Crippen molar-refractivity contribution in [1.29, 1.82) is 0 Å². The van der Waals surface area contributed by atoms with Crippen LogP contribution >= 0.6 is 0 Å². The van der Waals surface area contributed by atoms with Crippen LogP contribution in [0.25, 0.3) is 0 Å². The summed E-state index contributed by atoms with van der Waals surface area (Å²) in [4.78, 5) is 38.8.